The van der Waals surface area contributed by atoms with Crippen LogP contribution in [-0.4, -0.2) is 24.7 Å². The molecule has 0 amide bonds. The second-order valence-electron chi connectivity index (χ2n) is 3.22. The quantitative estimate of drug-likeness (QED) is 0.723. The molecule has 0 spiro atoms. The third-order valence-corrected chi connectivity index (χ3v) is 2.03. The largest absolute Gasteiger partial charge is 0.478 e. The summed E-state index contributed by atoms with van der Waals surface area (Å²) in [7, 11) is 1.91. The molecule has 0 bridgehead atoms. The maximum atomic E-state index is 10.6. The van der Waals surface area contributed by atoms with Gasteiger partial charge in [0.2, 0.25) is 0 Å². The highest BCUT2D eigenvalue weighted by atomic mass is 16.4. The Kier molecular flexibility index (Phi) is 4.57. The van der Waals surface area contributed by atoms with Gasteiger partial charge in [-0.05, 0) is 37.7 Å². The molecule has 0 aliphatic rings. The van der Waals surface area contributed by atoms with E-state index in [9.17, 15) is 4.79 Å². The predicted molar refractivity (Wildman–Crippen MR) is 61.0 cm³/mol. The van der Waals surface area contributed by atoms with Crippen LogP contribution in [0.3, 0.4) is 0 Å². The third-order valence-electron chi connectivity index (χ3n) is 2.03. The van der Waals surface area contributed by atoms with Crippen LogP contribution in [-0.2, 0) is 0 Å². The molecule has 0 unspecified atom stereocenters. The van der Waals surface area contributed by atoms with Crippen LogP contribution in [0.15, 0.2) is 30.3 Å². The molecule has 0 fully saturated rings. The molecule has 0 saturated carbocycles. The molecule has 0 aromatic heterocycles. The molecule has 0 saturated heterocycles. The van der Waals surface area contributed by atoms with E-state index in [0.29, 0.717) is 5.56 Å². The van der Waals surface area contributed by atoms with E-state index in [4.69, 9.17) is 5.11 Å². The number of aromatic carboxylic acids is 1. The number of hydrogen-bond donors (Lipinski definition) is 2. The van der Waals surface area contributed by atoms with E-state index in [-0.39, 0.29) is 0 Å². The Hall–Kier alpha value is -1.61. The zero-order valence-corrected chi connectivity index (χ0v) is 8.73. The Bertz CT molecular complexity index is 341. The highest BCUT2D eigenvalue weighted by Gasteiger charge is 1.99. The van der Waals surface area contributed by atoms with E-state index < -0.39 is 5.97 Å². The Balaban J connectivity index is 2.56. The van der Waals surface area contributed by atoms with Gasteiger partial charge >= 0.3 is 5.97 Å². The van der Waals surface area contributed by atoms with E-state index in [1.807, 2.05) is 13.1 Å². The van der Waals surface area contributed by atoms with E-state index in [1.54, 1.807) is 24.3 Å². The van der Waals surface area contributed by atoms with Crippen molar-refractivity contribution in [3.8, 4) is 0 Å². The Labute approximate surface area is 89.4 Å². The van der Waals surface area contributed by atoms with E-state index in [2.05, 4.69) is 11.4 Å². The molecular formula is C12H15NO2. The minimum absolute atomic E-state index is 0.322. The van der Waals surface area contributed by atoms with Gasteiger partial charge < -0.3 is 10.4 Å². The van der Waals surface area contributed by atoms with Crippen molar-refractivity contribution in [3.63, 3.8) is 0 Å². The van der Waals surface area contributed by atoms with Gasteiger partial charge in [0.25, 0.3) is 0 Å². The van der Waals surface area contributed by atoms with Crippen molar-refractivity contribution < 1.29 is 9.90 Å². The van der Waals surface area contributed by atoms with E-state index >= 15 is 0 Å². The van der Waals surface area contributed by atoms with Crippen LogP contribution in [0, 0.1) is 0 Å². The smallest absolute Gasteiger partial charge is 0.335 e. The molecule has 1 rings (SSSR count). The standard InChI is InChI=1S/C12H15NO2/c1-13-9-3-2-4-10-5-7-11(8-6-10)12(14)15/h2,4-8,13H,3,9H2,1H3,(H,14,15). The maximum absolute atomic E-state index is 10.6. The maximum Gasteiger partial charge on any atom is 0.335 e. The molecule has 1 aromatic carbocycles. The number of hydrogen-bond acceptors (Lipinski definition) is 2. The number of carboxylic acids is 1. The van der Waals surface area contributed by atoms with Crippen LogP contribution in [0.25, 0.3) is 6.08 Å². The molecule has 0 aliphatic heterocycles. The Morgan fingerprint density at radius 3 is 2.60 bits per heavy atom. The number of carboxylic acid groups (broad SMARTS) is 1. The lowest BCUT2D eigenvalue weighted by molar-refractivity contribution is 0.0697. The highest BCUT2D eigenvalue weighted by molar-refractivity contribution is 5.87. The van der Waals surface area contributed by atoms with Gasteiger partial charge in [-0.3, -0.25) is 0 Å². The zero-order valence-electron chi connectivity index (χ0n) is 8.73. The fourth-order valence-corrected chi connectivity index (χ4v) is 1.18. The van der Waals surface area contributed by atoms with Gasteiger partial charge in [0.05, 0.1) is 5.56 Å². The first kappa shape index (κ1) is 11.5. The summed E-state index contributed by atoms with van der Waals surface area (Å²) in [5, 5.41) is 11.7. The molecule has 0 heterocycles. The summed E-state index contributed by atoms with van der Waals surface area (Å²) in [4.78, 5) is 10.6. The van der Waals surface area contributed by atoms with Gasteiger partial charge in [0, 0.05) is 0 Å². The minimum atomic E-state index is -0.888. The zero-order chi connectivity index (χ0) is 11.1. The molecule has 80 valence electrons. The van der Waals surface area contributed by atoms with Crippen molar-refractivity contribution in [1.29, 1.82) is 0 Å². The van der Waals surface area contributed by atoms with E-state index in [1.165, 1.54) is 0 Å². The molecule has 0 atom stereocenters. The first-order valence-corrected chi connectivity index (χ1v) is 4.88. The number of carbonyl (C=O) groups is 1. The van der Waals surface area contributed by atoms with Gasteiger partial charge in [-0.15, -0.1) is 0 Å². The second-order valence-corrected chi connectivity index (χ2v) is 3.22. The SMILES string of the molecule is CNCCC=Cc1ccc(C(=O)O)cc1. The summed E-state index contributed by atoms with van der Waals surface area (Å²) in [6.45, 7) is 0.948. The Morgan fingerprint density at radius 2 is 2.07 bits per heavy atom. The van der Waals surface area contributed by atoms with Gasteiger partial charge in [0.15, 0.2) is 0 Å². The van der Waals surface area contributed by atoms with Crippen molar-refractivity contribution in [2.45, 2.75) is 6.42 Å². The van der Waals surface area contributed by atoms with Crippen molar-refractivity contribution >= 4 is 12.0 Å². The third kappa shape index (κ3) is 3.95. The summed E-state index contributed by atoms with van der Waals surface area (Å²) < 4.78 is 0. The summed E-state index contributed by atoms with van der Waals surface area (Å²) in [6, 6.07) is 6.83. The van der Waals surface area contributed by atoms with Crippen LogP contribution >= 0.6 is 0 Å². The van der Waals surface area contributed by atoms with Gasteiger partial charge in [-0.1, -0.05) is 24.3 Å². The van der Waals surface area contributed by atoms with Gasteiger partial charge in [0.1, 0.15) is 0 Å². The molecule has 2 N–H and O–H groups in total. The van der Waals surface area contributed by atoms with Gasteiger partial charge in [-0.25, -0.2) is 4.79 Å². The van der Waals surface area contributed by atoms with Crippen molar-refractivity contribution in [1.82, 2.24) is 5.32 Å². The van der Waals surface area contributed by atoms with Crippen molar-refractivity contribution in [2.24, 2.45) is 0 Å². The van der Waals surface area contributed by atoms with Crippen LogP contribution in [0.2, 0.25) is 0 Å². The highest BCUT2D eigenvalue weighted by Crippen LogP contribution is 2.06. The number of rotatable bonds is 5. The van der Waals surface area contributed by atoms with Crippen LogP contribution < -0.4 is 5.32 Å². The molecule has 3 heteroatoms. The predicted octanol–water partition coefficient (Wildman–Crippen LogP) is 2.01. The lowest BCUT2D eigenvalue weighted by atomic mass is 10.1. The summed E-state index contributed by atoms with van der Waals surface area (Å²) in [5.74, 6) is -0.888. The first-order valence-electron chi connectivity index (χ1n) is 4.88. The first-order chi connectivity index (χ1) is 7.24. The summed E-state index contributed by atoms with van der Waals surface area (Å²) >= 11 is 0. The number of benzene rings is 1. The van der Waals surface area contributed by atoms with Crippen LogP contribution in [0.1, 0.15) is 22.3 Å². The molecule has 0 radical (unpaired) electrons. The Morgan fingerprint density at radius 1 is 1.40 bits per heavy atom. The fraction of sp³-hybridized carbons (Fsp3) is 0.250. The van der Waals surface area contributed by atoms with Gasteiger partial charge in [-0.2, -0.15) is 0 Å². The van der Waals surface area contributed by atoms with Crippen LogP contribution in [0.4, 0.5) is 0 Å². The molecule has 1 aromatic rings. The lowest BCUT2D eigenvalue weighted by Gasteiger charge is -1.96. The molecule has 0 aliphatic carbocycles. The lowest BCUT2D eigenvalue weighted by Crippen LogP contribution is -2.05. The normalized spacial score (nSPS) is 10.7. The summed E-state index contributed by atoms with van der Waals surface area (Å²) in [6.07, 6.45) is 5.02. The summed E-state index contributed by atoms with van der Waals surface area (Å²) in [5.41, 5.74) is 1.35. The average molecular weight is 205 g/mol. The molecular weight excluding hydrogens is 190 g/mol. The van der Waals surface area contributed by atoms with E-state index in [0.717, 1.165) is 18.5 Å². The van der Waals surface area contributed by atoms with Crippen LogP contribution in [0.5, 0.6) is 0 Å². The minimum Gasteiger partial charge on any atom is -0.478 e. The van der Waals surface area contributed by atoms with Crippen molar-refractivity contribution in [2.75, 3.05) is 13.6 Å². The average Bonchev–Trinajstić information content (AvgIpc) is 2.25. The van der Waals surface area contributed by atoms with Crippen molar-refractivity contribution in [3.05, 3.63) is 41.5 Å². The molecule has 15 heavy (non-hydrogen) atoms. The number of nitrogens with one attached hydrogen (secondary N) is 1. The second kappa shape index (κ2) is 5.98. The fourth-order valence-electron chi connectivity index (χ4n) is 1.18. The topological polar surface area (TPSA) is 49.3 Å². The molecule has 3 nitrogen and oxygen atoms in total. The monoisotopic (exact) mass is 205 g/mol.